The van der Waals surface area contributed by atoms with E-state index in [0.717, 1.165) is 26.1 Å². The van der Waals surface area contributed by atoms with Crippen molar-refractivity contribution in [3.05, 3.63) is 23.2 Å². The van der Waals surface area contributed by atoms with Crippen LogP contribution in [0.2, 0.25) is 5.02 Å². The van der Waals surface area contributed by atoms with Gasteiger partial charge in [-0.15, -0.1) is 0 Å². The smallest absolute Gasteiger partial charge is 0.238 e. The monoisotopic (exact) mass is 311 g/mol. The van der Waals surface area contributed by atoms with Crippen molar-refractivity contribution in [2.24, 2.45) is 5.92 Å². The van der Waals surface area contributed by atoms with Crippen LogP contribution >= 0.6 is 11.6 Å². The SMILES string of the molecule is CNCC1CCN(CC(=O)Nc2cc(Cl)ccc2OC)C1. The second-order valence-corrected chi connectivity index (χ2v) is 5.78. The van der Waals surface area contributed by atoms with E-state index in [1.807, 2.05) is 7.05 Å². The summed E-state index contributed by atoms with van der Waals surface area (Å²) in [5.74, 6) is 1.20. The highest BCUT2D eigenvalue weighted by atomic mass is 35.5. The van der Waals surface area contributed by atoms with Gasteiger partial charge in [-0.3, -0.25) is 9.69 Å². The number of hydrogen-bond acceptors (Lipinski definition) is 4. The van der Waals surface area contributed by atoms with E-state index in [2.05, 4.69) is 15.5 Å². The van der Waals surface area contributed by atoms with E-state index in [9.17, 15) is 4.79 Å². The van der Waals surface area contributed by atoms with E-state index in [-0.39, 0.29) is 5.91 Å². The van der Waals surface area contributed by atoms with Gasteiger partial charge in [-0.1, -0.05) is 11.6 Å². The molecule has 116 valence electrons. The first-order valence-electron chi connectivity index (χ1n) is 7.12. The zero-order chi connectivity index (χ0) is 15.2. The number of methoxy groups -OCH3 is 1. The van der Waals surface area contributed by atoms with Crippen LogP contribution < -0.4 is 15.4 Å². The predicted molar refractivity (Wildman–Crippen MR) is 85.1 cm³/mol. The number of carbonyl (C=O) groups excluding carboxylic acids is 1. The van der Waals surface area contributed by atoms with Crippen molar-refractivity contribution >= 4 is 23.2 Å². The summed E-state index contributed by atoms with van der Waals surface area (Å²) in [6.07, 6.45) is 1.13. The van der Waals surface area contributed by atoms with Gasteiger partial charge < -0.3 is 15.4 Å². The topological polar surface area (TPSA) is 53.6 Å². The standard InChI is InChI=1S/C15H22ClN3O2/c1-17-8-11-5-6-19(9-11)10-15(20)18-13-7-12(16)3-4-14(13)21-2/h3-4,7,11,17H,5-6,8-10H2,1-2H3,(H,18,20). The van der Waals surface area contributed by atoms with Crippen molar-refractivity contribution in [1.29, 1.82) is 0 Å². The summed E-state index contributed by atoms with van der Waals surface area (Å²) in [5, 5.41) is 6.63. The summed E-state index contributed by atoms with van der Waals surface area (Å²) in [6.45, 7) is 3.32. The molecule has 0 aliphatic carbocycles. The van der Waals surface area contributed by atoms with Crippen molar-refractivity contribution in [2.45, 2.75) is 6.42 Å². The molecule has 1 fully saturated rings. The van der Waals surface area contributed by atoms with Crippen molar-refractivity contribution in [3.8, 4) is 5.75 Å². The number of halogens is 1. The molecule has 2 rings (SSSR count). The molecule has 1 amide bonds. The number of carbonyl (C=O) groups is 1. The highest BCUT2D eigenvalue weighted by Gasteiger charge is 2.23. The Hall–Kier alpha value is -1.30. The van der Waals surface area contributed by atoms with Crippen LogP contribution in [0.1, 0.15) is 6.42 Å². The fourth-order valence-electron chi connectivity index (χ4n) is 2.68. The average molecular weight is 312 g/mol. The Morgan fingerprint density at radius 1 is 1.52 bits per heavy atom. The van der Waals surface area contributed by atoms with Gasteiger partial charge in [-0.25, -0.2) is 0 Å². The summed E-state index contributed by atoms with van der Waals surface area (Å²) >= 11 is 5.96. The van der Waals surface area contributed by atoms with Crippen LogP contribution in [0.25, 0.3) is 0 Å². The summed E-state index contributed by atoms with van der Waals surface area (Å²) in [5.41, 5.74) is 0.612. The number of rotatable bonds is 6. The highest BCUT2D eigenvalue weighted by Crippen LogP contribution is 2.27. The lowest BCUT2D eigenvalue weighted by Gasteiger charge is -2.16. The fourth-order valence-corrected chi connectivity index (χ4v) is 2.85. The van der Waals surface area contributed by atoms with Crippen LogP contribution in [-0.2, 0) is 4.79 Å². The normalized spacial score (nSPS) is 18.7. The first-order valence-corrected chi connectivity index (χ1v) is 7.50. The van der Waals surface area contributed by atoms with Crippen molar-refractivity contribution in [3.63, 3.8) is 0 Å². The lowest BCUT2D eigenvalue weighted by molar-refractivity contribution is -0.117. The summed E-state index contributed by atoms with van der Waals surface area (Å²) in [4.78, 5) is 14.3. The van der Waals surface area contributed by atoms with Gasteiger partial charge in [0.25, 0.3) is 0 Å². The minimum atomic E-state index is -0.0410. The number of nitrogens with zero attached hydrogens (tertiary/aromatic N) is 1. The lowest BCUT2D eigenvalue weighted by Crippen LogP contribution is -2.32. The molecule has 0 bridgehead atoms. The maximum Gasteiger partial charge on any atom is 0.238 e. The fraction of sp³-hybridized carbons (Fsp3) is 0.533. The maximum atomic E-state index is 12.1. The molecule has 1 aromatic carbocycles. The van der Waals surface area contributed by atoms with E-state index in [1.165, 1.54) is 0 Å². The molecule has 0 aromatic heterocycles. The van der Waals surface area contributed by atoms with Gasteiger partial charge in [-0.2, -0.15) is 0 Å². The Morgan fingerprint density at radius 3 is 3.05 bits per heavy atom. The van der Waals surface area contributed by atoms with Gasteiger partial charge in [0.15, 0.2) is 0 Å². The molecule has 6 heteroatoms. The number of nitrogens with one attached hydrogen (secondary N) is 2. The van der Waals surface area contributed by atoms with E-state index in [4.69, 9.17) is 16.3 Å². The Labute approximate surface area is 130 Å². The minimum absolute atomic E-state index is 0.0410. The maximum absolute atomic E-state index is 12.1. The van der Waals surface area contributed by atoms with Crippen molar-refractivity contribution in [2.75, 3.05) is 45.7 Å². The number of anilines is 1. The summed E-state index contributed by atoms with van der Waals surface area (Å²) in [7, 11) is 3.53. The molecule has 1 heterocycles. The second kappa shape index (κ2) is 7.64. The molecule has 1 atom stereocenters. The number of ether oxygens (including phenoxy) is 1. The lowest BCUT2D eigenvalue weighted by atomic mass is 10.1. The van der Waals surface area contributed by atoms with Crippen molar-refractivity contribution in [1.82, 2.24) is 10.2 Å². The van der Waals surface area contributed by atoms with Crippen LogP contribution in [0.3, 0.4) is 0 Å². The molecular weight excluding hydrogens is 290 g/mol. The van der Waals surface area contributed by atoms with Gasteiger partial charge in [-0.05, 0) is 50.7 Å². The molecular formula is C15H22ClN3O2. The largest absolute Gasteiger partial charge is 0.495 e. The van der Waals surface area contributed by atoms with Gasteiger partial charge in [0.1, 0.15) is 5.75 Å². The third-order valence-electron chi connectivity index (χ3n) is 3.67. The van der Waals surface area contributed by atoms with Gasteiger partial charge >= 0.3 is 0 Å². The first kappa shape index (κ1) is 16.1. The van der Waals surface area contributed by atoms with Crippen molar-refractivity contribution < 1.29 is 9.53 Å². The molecule has 21 heavy (non-hydrogen) atoms. The molecule has 0 radical (unpaired) electrons. The van der Waals surface area contributed by atoms with Gasteiger partial charge in [0, 0.05) is 11.6 Å². The molecule has 0 spiro atoms. The molecule has 1 aliphatic rings. The predicted octanol–water partition coefficient (Wildman–Crippen LogP) is 1.83. The number of benzene rings is 1. The Bertz CT molecular complexity index is 496. The van der Waals surface area contributed by atoms with Crippen LogP contribution in [-0.4, -0.2) is 51.1 Å². The average Bonchev–Trinajstić information content (AvgIpc) is 2.86. The molecule has 2 N–H and O–H groups in total. The van der Waals surface area contributed by atoms with Crippen LogP contribution in [0, 0.1) is 5.92 Å². The molecule has 5 nitrogen and oxygen atoms in total. The van der Waals surface area contributed by atoms with Crippen LogP contribution in [0.5, 0.6) is 5.75 Å². The van der Waals surface area contributed by atoms with E-state index >= 15 is 0 Å². The third kappa shape index (κ3) is 4.59. The highest BCUT2D eigenvalue weighted by molar-refractivity contribution is 6.31. The van der Waals surface area contributed by atoms with Gasteiger partial charge in [0.2, 0.25) is 5.91 Å². The quantitative estimate of drug-likeness (QED) is 0.841. The molecule has 1 saturated heterocycles. The van der Waals surface area contributed by atoms with E-state index in [1.54, 1.807) is 25.3 Å². The molecule has 1 unspecified atom stereocenters. The Balaban J connectivity index is 1.89. The minimum Gasteiger partial charge on any atom is -0.495 e. The molecule has 1 aromatic rings. The zero-order valence-corrected chi connectivity index (χ0v) is 13.2. The Morgan fingerprint density at radius 2 is 2.33 bits per heavy atom. The van der Waals surface area contributed by atoms with Crippen LogP contribution in [0.15, 0.2) is 18.2 Å². The second-order valence-electron chi connectivity index (χ2n) is 5.34. The zero-order valence-electron chi connectivity index (χ0n) is 12.5. The number of hydrogen-bond donors (Lipinski definition) is 2. The van der Waals surface area contributed by atoms with Crippen LogP contribution in [0.4, 0.5) is 5.69 Å². The van der Waals surface area contributed by atoms with E-state index in [0.29, 0.717) is 28.9 Å². The number of likely N-dealkylation sites (tertiary alicyclic amines) is 1. The Kier molecular flexibility index (Phi) is 5.85. The van der Waals surface area contributed by atoms with Gasteiger partial charge in [0.05, 0.1) is 19.3 Å². The summed E-state index contributed by atoms with van der Waals surface area (Å²) in [6, 6.07) is 5.18. The number of amides is 1. The molecule has 0 saturated carbocycles. The van der Waals surface area contributed by atoms with E-state index < -0.39 is 0 Å². The third-order valence-corrected chi connectivity index (χ3v) is 3.90. The molecule has 1 aliphatic heterocycles. The first-order chi connectivity index (χ1) is 10.1. The summed E-state index contributed by atoms with van der Waals surface area (Å²) < 4.78 is 5.22.